The molecule has 4 aliphatic carbocycles. The van der Waals surface area contributed by atoms with Gasteiger partial charge >= 0.3 is 24.1 Å². The molecular formula is C54H57N7O8. The fourth-order valence-electron chi connectivity index (χ4n) is 12.8. The molecule has 5 aromatic rings. The van der Waals surface area contributed by atoms with Gasteiger partial charge in [0.15, 0.2) is 0 Å². The van der Waals surface area contributed by atoms with Crippen molar-refractivity contribution in [2.24, 2.45) is 22.9 Å². The molecule has 4 amide bonds. The molecule has 0 spiro atoms. The molecule has 69 heavy (non-hydrogen) atoms. The van der Waals surface area contributed by atoms with Gasteiger partial charge in [0.25, 0.3) is 11.8 Å². The summed E-state index contributed by atoms with van der Waals surface area (Å²) in [5, 5.41) is 0. The van der Waals surface area contributed by atoms with Crippen molar-refractivity contribution in [3.63, 3.8) is 0 Å². The lowest BCUT2D eigenvalue weighted by Crippen LogP contribution is -2.79. The summed E-state index contributed by atoms with van der Waals surface area (Å²) in [6, 6.07) is 39.9. The van der Waals surface area contributed by atoms with Crippen LogP contribution in [0.3, 0.4) is 0 Å². The van der Waals surface area contributed by atoms with Crippen LogP contribution in [-0.4, -0.2) is 82.2 Å². The Morgan fingerprint density at radius 3 is 1.32 bits per heavy atom. The van der Waals surface area contributed by atoms with Crippen molar-refractivity contribution in [2.75, 3.05) is 18.0 Å². The van der Waals surface area contributed by atoms with E-state index in [4.69, 9.17) is 32.4 Å². The smallest absolute Gasteiger partial charge is 0.375 e. The topological polar surface area (TPSA) is 235 Å². The van der Waals surface area contributed by atoms with Crippen LogP contribution >= 0.6 is 0 Å². The van der Waals surface area contributed by atoms with Crippen LogP contribution in [0.2, 0.25) is 0 Å². The number of carbonyl (C=O) groups excluding carboxylic acids is 6. The van der Waals surface area contributed by atoms with Gasteiger partial charge in [-0.1, -0.05) is 121 Å². The first-order valence-electron chi connectivity index (χ1n) is 23.4. The zero-order valence-corrected chi connectivity index (χ0v) is 38.8. The zero-order chi connectivity index (χ0) is 48.9. The number of hydrogen-bond donors (Lipinski definition) is 4. The molecule has 6 aliphatic rings. The quantitative estimate of drug-likeness (QED) is 0.0795. The summed E-state index contributed by atoms with van der Waals surface area (Å²) in [4.78, 5) is 92.7. The Kier molecular flexibility index (Phi) is 12.2. The highest BCUT2D eigenvalue weighted by Crippen LogP contribution is 2.55. The van der Waals surface area contributed by atoms with Crippen LogP contribution in [0.5, 0.6) is 0 Å². The predicted octanol–water partition coefficient (Wildman–Crippen LogP) is 5.12. The summed E-state index contributed by atoms with van der Waals surface area (Å²) >= 11 is 0. The molecule has 2 heterocycles. The van der Waals surface area contributed by atoms with Gasteiger partial charge < -0.3 is 37.3 Å². The van der Waals surface area contributed by atoms with Crippen LogP contribution in [0, 0.1) is 13.8 Å². The number of anilines is 1. The largest absolute Gasteiger partial charge is 0.412 e. The molecule has 5 aromatic carbocycles. The summed E-state index contributed by atoms with van der Waals surface area (Å²) in [6.07, 6.45) is -2.49. The van der Waals surface area contributed by atoms with E-state index in [1.165, 1.54) is 0 Å². The first-order valence-corrected chi connectivity index (χ1v) is 23.4. The van der Waals surface area contributed by atoms with Crippen molar-refractivity contribution in [3.8, 4) is 0 Å². The van der Waals surface area contributed by atoms with Crippen LogP contribution in [0.1, 0.15) is 70.2 Å². The number of primary amides is 4. The number of esters is 2. The van der Waals surface area contributed by atoms with Gasteiger partial charge in [-0.05, 0) is 116 Å². The minimum absolute atomic E-state index is 0.122. The van der Waals surface area contributed by atoms with Crippen LogP contribution in [0.25, 0.3) is 0 Å². The van der Waals surface area contributed by atoms with Gasteiger partial charge in [-0.25, -0.2) is 19.2 Å². The van der Waals surface area contributed by atoms with Gasteiger partial charge in [-0.3, -0.25) is 19.4 Å². The SMILES string of the molecule is Cc1cccc(N(C2CCCN2[C@@](C(N)=O)(C(=O)OC(N)=O)C2(Cc3ccccc3)Cc3ccc2cc3)C2CCCN2[C@@](C(N)=O)(C(=O)OC(N)=O)C2(Cc3ccccc3)Cc3ccc2cc3)c1C. The highest BCUT2D eigenvalue weighted by atomic mass is 16.6. The number of benzene rings is 5. The fraction of sp³-hybridized carbons (Fsp3) is 0.333. The second kappa shape index (κ2) is 17.9. The van der Waals surface area contributed by atoms with Gasteiger partial charge in [0.05, 0.1) is 12.3 Å². The van der Waals surface area contributed by atoms with Gasteiger partial charge in [0, 0.05) is 29.6 Å². The molecule has 2 fully saturated rings. The minimum atomic E-state index is -2.40. The number of rotatable bonds is 15. The van der Waals surface area contributed by atoms with Crippen molar-refractivity contribution < 1.29 is 38.2 Å². The highest BCUT2D eigenvalue weighted by molar-refractivity contribution is 6.12. The number of likely N-dealkylation sites (tertiary alicyclic amines) is 2. The van der Waals surface area contributed by atoms with Crippen molar-refractivity contribution in [2.45, 2.75) is 99.5 Å². The lowest BCUT2D eigenvalue weighted by molar-refractivity contribution is -0.167. The van der Waals surface area contributed by atoms with Crippen LogP contribution < -0.4 is 27.8 Å². The Morgan fingerprint density at radius 2 is 0.971 bits per heavy atom. The second-order valence-corrected chi connectivity index (χ2v) is 19.1. The molecule has 8 N–H and O–H groups in total. The Hall–Kier alpha value is -7.36. The molecule has 11 rings (SSSR count). The molecule has 6 atom stereocenters. The standard InChI is InChI=1S/C54H57N7O8/c1-34-12-9-17-42(35(34)2)61(43-18-10-28-59(43)53(45(55)62,47(64)68-49(57)66)51(30-36-13-5-3-6-14-36)32-38-20-24-40(51)25-21-38)44-19-11-29-60(44)54(46(56)63,48(65)69-50(58)67)52(31-37-15-7-4-8-16-37)33-39-22-26-41(52)27-23-39/h3-9,12-17,20-27,43-44H,10-11,18-19,28-33H2,1-2H3,(H2,55,62)(H2,56,63)(H2,57,66)(H2,58,67)/t43?,44?,51?,52?,53-,54-/m0/s1. The average Bonchev–Trinajstić information content (AvgIpc) is 4.00. The van der Waals surface area contributed by atoms with E-state index < -0.39 is 70.2 Å². The molecule has 356 valence electrons. The summed E-state index contributed by atoms with van der Waals surface area (Å²) in [6.45, 7) is 4.17. The van der Waals surface area contributed by atoms with Crippen LogP contribution in [0.4, 0.5) is 15.3 Å². The van der Waals surface area contributed by atoms with E-state index in [1.807, 2.05) is 141 Å². The highest BCUT2D eigenvalue weighted by Gasteiger charge is 2.72. The summed E-state index contributed by atoms with van der Waals surface area (Å²) < 4.78 is 10.9. The molecule has 0 saturated carbocycles. The van der Waals surface area contributed by atoms with Crippen molar-refractivity contribution in [3.05, 3.63) is 172 Å². The molecule has 15 nitrogen and oxygen atoms in total. The van der Waals surface area contributed by atoms with Gasteiger partial charge in [-0.2, -0.15) is 0 Å². The van der Waals surface area contributed by atoms with E-state index in [2.05, 4.69) is 4.90 Å². The first-order chi connectivity index (χ1) is 33.1. The van der Waals surface area contributed by atoms with Gasteiger partial charge in [0.2, 0.25) is 11.1 Å². The Balaban J connectivity index is 1.31. The van der Waals surface area contributed by atoms with E-state index >= 15 is 19.2 Å². The third-order valence-electron chi connectivity index (χ3n) is 15.6. The van der Waals surface area contributed by atoms with Gasteiger partial charge in [0.1, 0.15) is 0 Å². The molecule has 0 aromatic heterocycles. The Morgan fingerprint density at radius 1 is 0.565 bits per heavy atom. The molecule has 0 radical (unpaired) electrons. The monoisotopic (exact) mass is 931 g/mol. The third kappa shape index (κ3) is 7.33. The molecule has 4 bridgehead atoms. The van der Waals surface area contributed by atoms with E-state index in [0.29, 0.717) is 42.5 Å². The zero-order valence-electron chi connectivity index (χ0n) is 38.8. The number of aryl methyl sites for hydroxylation is 1. The van der Waals surface area contributed by atoms with Crippen LogP contribution in [-0.2, 0) is 65.2 Å². The van der Waals surface area contributed by atoms with Crippen molar-refractivity contribution in [1.82, 2.24) is 9.80 Å². The maximum Gasteiger partial charge on any atom is 0.412 e. The number of nitrogens with zero attached hydrogens (tertiary/aromatic N) is 3. The summed E-state index contributed by atoms with van der Waals surface area (Å²) in [5.41, 5.74) is 24.1. The van der Waals surface area contributed by atoms with Crippen molar-refractivity contribution in [1.29, 1.82) is 0 Å². The summed E-state index contributed by atoms with van der Waals surface area (Å²) in [7, 11) is 0. The van der Waals surface area contributed by atoms with Crippen LogP contribution in [0.15, 0.2) is 127 Å². The van der Waals surface area contributed by atoms with E-state index in [-0.39, 0.29) is 38.8 Å². The number of carbonyl (C=O) groups is 6. The maximum absolute atomic E-state index is 15.5. The molecule has 2 saturated heterocycles. The van der Waals surface area contributed by atoms with E-state index in [1.54, 1.807) is 9.80 Å². The summed E-state index contributed by atoms with van der Waals surface area (Å²) in [5.74, 6) is -4.54. The molecular weight excluding hydrogens is 875 g/mol. The van der Waals surface area contributed by atoms with E-state index in [0.717, 1.165) is 33.4 Å². The Labute approximate surface area is 400 Å². The molecule has 15 heteroatoms. The van der Waals surface area contributed by atoms with Crippen molar-refractivity contribution >= 4 is 41.6 Å². The lowest BCUT2D eigenvalue weighted by atomic mass is 9.55. The second-order valence-electron chi connectivity index (χ2n) is 19.1. The fourth-order valence-corrected chi connectivity index (χ4v) is 12.8. The number of amides is 4. The normalized spacial score (nSPS) is 23.4. The molecule has 4 unspecified atom stereocenters. The number of nitrogens with two attached hydrogens (primary N) is 4. The van der Waals surface area contributed by atoms with Gasteiger partial charge in [-0.15, -0.1) is 0 Å². The van der Waals surface area contributed by atoms with E-state index in [9.17, 15) is 9.59 Å². The number of hydrogen-bond acceptors (Lipinski definition) is 11. The average molecular weight is 932 g/mol. The number of ether oxygens (including phenoxy) is 2. The lowest BCUT2D eigenvalue weighted by Gasteiger charge is -2.58. The number of fused-ring (bicyclic) bond motifs is 6. The first kappa shape index (κ1) is 46.7. The maximum atomic E-state index is 15.5. The Bertz CT molecular complexity index is 2660. The predicted molar refractivity (Wildman–Crippen MR) is 257 cm³/mol. The third-order valence-corrected chi connectivity index (χ3v) is 15.6. The minimum Gasteiger partial charge on any atom is -0.375 e. The molecule has 2 aliphatic heterocycles.